The van der Waals surface area contributed by atoms with Crippen LogP contribution in [0.4, 0.5) is 0 Å². The summed E-state index contributed by atoms with van der Waals surface area (Å²) in [5, 5.41) is 12.7. The van der Waals surface area contributed by atoms with Crippen LogP contribution >= 0.6 is 15.9 Å². The molecule has 2 N–H and O–H groups in total. The molecule has 116 valence electrons. The van der Waals surface area contributed by atoms with Gasteiger partial charge in [0, 0.05) is 22.9 Å². The lowest BCUT2D eigenvalue weighted by atomic mass is 9.99. The molecule has 0 bridgehead atoms. The summed E-state index contributed by atoms with van der Waals surface area (Å²) in [6.07, 6.45) is 0.235. The first-order chi connectivity index (χ1) is 10.4. The van der Waals surface area contributed by atoms with E-state index in [0.717, 1.165) is 15.4 Å². The molecule has 7 heteroatoms. The van der Waals surface area contributed by atoms with Gasteiger partial charge in [0.05, 0.1) is 6.61 Å². The van der Waals surface area contributed by atoms with Crippen LogP contribution in [0.2, 0.25) is 0 Å². The predicted molar refractivity (Wildman–Crippen MR) is 81.9 cm³/mol. The molecule has 1 unspecified atom stereocenters. The van der Waals surface area contributed by atoms with Gasteiger partial charge >= 0.3 is 5.97 Å². The van der Waals surface area contributed by atoms with Crippen molar-refractivity contribution in [3.8, 4) is 0 Å². The Bertz CT molecular complexity index is 761. The molecule has 1 atom stereocenters. The Morgan fingerprint density at radius 1 is 1.36 bits per heavy atom. The molecule has 1 aromatic carbocycles. The van der Waals surface area contributed by atoms with E-state index in [2.05, 4.69) is 21.2 Å². The highest BCUT2D eigenvalue weighted by Crippen LogP contribution is 2.28. The summed E-state index contributed by atoms with van der Waals surface area (Å²) in [6.45, 7) is 2.14. The highest BCUT2D eigenvalue weighted by molar-refractivity contribution is 9.10. The number of carboxylic acids is 1. The van der Waals surface area contributed by atoms with Crippen molar-refractivity contribution in [3.63, 3.8) is 0 Å². The average Bonchev–Trinajstić information content (AvgIpc) is 3.05. The fourth-order valence-electron chi connectivity index (χ4n) is 2.56. The van der Waals surface area contributed by atoms with Crippen LogP contribution in [-0.4, -0.2) is 35.7 Å². The number of benzene rings is 1. The average molecular weight is 368 g/mol. The second-order valence-electron chi connectivity index (χ2n) is 5.40. The summed E-state index contributed by atoms with van der Waals surface area (Å²) in [5.74, 6) is -1.57. The van der Waals surface area contributed by atoms with Gasteiger partial charge in [0.25, 0.3) is 5.91 Å². The molecule has 1 aliphatic heterocycles. The van der Waals surface area contributed by atoms with E-state index in [1.165, 1.54) is 0 Å². The lowest BCUT2D eigenvalue weighted by molar-refractivity contribution is -0.144. The molecule has 3 rings (SSSR count). The van der Waals surface area contributed by atoms with Crippen LogP contribution in [-0.2, 0) is 9.53 Å². The van der Waals surface area contributed by atoms with E-state index in [9.17, 15) is 14.7 Å². The van der Waals surface area contributed by atoms with E-state index in [0.29, 0.717) is 12.2 Å². The second kappa shape index (κ2) is 5.40. The molecule has 2 aromatic rings. The zero-order valence-corrected chi connectivity index (χ0v) is 13.4. The topological polar surface area (TPSA) is 88.8 Å². The summed E-state index contributed by atoms with van der Waals surface area (Å²) in [7, 11) is 0. The zero-order chi connectivity index (χ0) is 15.9. The number of carboxylic acid groups (broad SMARTS) is 1. The number of nitrogens with one attached hydrogen (secondary N) is 1. The molecule has 0 radical (unpaired) electrons. The van der Waals surface area contributed by atoms with Gasteiger partial charge in [0.1, 0.15) is 5.58 Å². The highest BCUT2D eigenvalue weighted by atomic mass is 79.9. The molecule has 0 aliphatic carbocycles. The molecule has 22 heavy (non-hydrogen) atoms. The third-order valence-corrected chi connectivity index (χ3v) is 4.23. The third kappa shape index (κ3) is 2.50. The van der Waals surface area contributed by atoms with Gasteiger partial charge in [-0.15, -0.1) is 0 Å². The van der Waals surface area contributed by atoms with Crippen LogP contribution in [0.3, 0.4) is 0 Å². The van der Waals surface area contributed by atoms with E-state index >= 15 is 0 Å². The van der Waals surface area contributed by atoms with Crippen LogP contribution < -0.4 is 5.32 Å². The summed E-state index contributed by atoms with van der Waals surface area (Å²) >= 11 is 3.39. The van der Waals surface area contributed by atoms with Crippen molar-refractivity contribution >= 4 is 38.8 Å². The number of rotatable bonds is 3. The number of amides is 1. The number of fused-ring (bicyclic) bond motifs is 1. The molecular weight excluding hydrogens is 354 g/mol. The number of aryl methyl sites for hydroxylation is 1. The van der Waals surface area contributed by atoms with Gasteiger partial charge in [-0.05, 0) is 30.7 Å². The highest BCUT2D eigenvalue weighted by Gasteiger charge is 2.44. The summed E-state index contributed by atoms with van der Waals surface area (Å²) in [5.41, 5.74) is 0.118. The quantitative estimate of drug-likeness (QED) is 0.869. The van der Waals surface area contributed by atoms with Gasteiger partial charge in [-0.2, -0.15) is 0 Å². The largest absolute Gasteiger partial charge is 0.479 e. The molecule has 2 heterocycles. The number of hydrogen-bond acceptors (Lipinski definition) is 4. The van der Waals surface area contributed by atoms with Gasteiger partial charge in [-0.3, -0.25) is 4.79 Å². The van der Waals surface area contributed by atoms with Crippen molar-refractivity contribution in [2.75, 3.05) is 13.2 Å². The molecule has 0 saturated carbocycles. The maximum absolute atomic E-state index is 12.3. The van der Waals surface area contributed by atoms with E-state index < -0.39 is 17.4 Å². The fourth-order valence-corrected chi connectivity index (χ4v) is 3.15. The fraction of sp³-hybridized carbons (Fsp3) is 0.333. The summed E-state index contributed by atoms with van der Waals surface area (Å²) in [4.78, 5) is 23.8. The smallest absolute Gasteiger partial charge is 0.331 e. The van der Waals surface area contributed by atoms with E-state index in [1.807, 2.05) is 19.1 Å². The number of ether oxygens (including phenoxy) is 1. The molecule has 1 aromatic heterocycles. The third-order valence-electron chi connectivity index (χ3n) is 3.77. The van der Waals surface area contributed by atoms with Crippen LogP contribution in [0.1, 0.15) is 22.5 Å². The van der Waals surface area contributed by atoms with Gasteiger partial charge in [-0.1, -0.05) is 15.9 Å². The minimum atomic E-state index is -1.38. The SMILES string of the molecule is Cc1cc(Br)cc2cc(C(=O)NC3(C(=O)O)CCOC3)oc12. The molecule has 6 nitrogen and oxygen atoms in total. The van der Waals surface area contributed by atoms with Crippen LogP contribution in [0.25, 0.3) is 11.0 Å². The Morgan fingerprint density at radius 2 is 2.14 bits per heavy atom. The normalized spacial score (nSPS) is 21.2. The number of carbonyl (C=O) groups excluding carboxylic acids is 1. The maximum Gasteiger partial charge on any atom is 0.331 e. The van der Waals surface area contributed by atoms with Gasteiger partial charge in [-0.25, -0.2) is 4.79 Å². The predicted octanol–water partition coefficient (Wildman–Crippen LogP) is 2.48. The maximum atomic E-state index is 12.3. The first-order valence-corrected chi connectivity index (χ1v) is 7.54. The van der Waals surface area contributed by atoms with Crippen molar-refractivity contribution in [2.24, 2.45) is 0 Å². The summed E-state index contributed by atoms with van der Waals surface area (Å²) < 4.78 is 11.6. The number of hydrogen-bond donors (Lipinski definition) is 2. The second-order valence-corrected chi connectivity index (χ2v) is 6.31. The lowest BCUT2D eigenvalue weighted by Gasteiger charge is -2.22. The van der Waals surface area contributed by atoms with Crippen molar-refractivity contribution in [1.29, 1.82) is 0 Å². The van der Waals surface area contributed by atoms with Crippen LogP contribution in [0.5, 0.6) is 0 Å². The minimum Gasteiger partial charge on any atom is -0.479 e. The zero-order valence-electron chi connectivity index (χ0n) is 11.8. The Balaban J connectivity index is 1.92. The Labute approximate surface area is 134 Å². The summed E-state index contributed by atoms with van der Waals surface area (Å²) in [6, 6.07) is 5.33. The Morgan fingerprint density at radius 3 is 2.77 bits per heavy atom. The van der Waals surface area contributed by atoms with E-state index in [1.54, 1.807) is 6.07 Å². The van der Waals surface area contributed by atoms with Crippen LogP contribution in [0.15, 0.2) is 27.1 Å². The Kier molecular flexibility index (Phi) is 3.70. The van der Waals surface area contributed by atoms with Gasteiger partial charge in [0.2, 0.25) is 0 Å². The Hall–Kier alpha value is -1.86. The van der Waals surface area contributed by atoms with E-state index in [-0.39, 0.29) is 18.8 Å². The molecular formula is C15H14BrNO5. The standard InChI is InChI=1S/C15H14BrNO5/c1-8-4-10(16)5-9-6-11(22-12(8)9)13(18)17-15(14(19)20)2-3-21-7-15/h4-6H,2-3,7H2,1H3,(H,17,18)(H,19,20). The molecule has 0 spiro atoms. The molecule has 1 aliphatic rings. The molecule has 1 saturated heterocycles. The molecule has 1 fully saturated rings. The molecule has 1 amide bonds. The van der Waals surface area contributed by atoms with Crippen molar-refractivity contribution in [1.82, 2.24) is 5.32 Å². The first kappa shape index (κ1) is 15.1. The number of furan rings is 1. The van der Waals surface area contributed by atoms with Gasteiger partial charge < -0.3 is 19.6 Å². The van der Waals surface area contributed by atoms with Crippen LogP contribution in [0, 0.1) is 6.92 Å². The lowest BCUT2D eigenvalue weighted by Crippen LogP contribution is -2.55. The number of carbonyl (C=O) groups is 2. The number of halogens is 1. The van der Waals surface area contributed by atoms with Crippen molar-refractivity contribution in [3.05, 3.63) is 34.0 Å². The number of aliphatic carboxylic acids is 1. The van der Waals surface area contributed by atoms with E-state index in [4.69, 9.17) is 9.15 Å². The van der Waals surface area contributed by atoms with Crippen molar-refractivity contribution in [2.45, 2.75) is 18.9 Å². The first-order valence-electron chi connectivity index (χ1n) is 6.75. The van der Waals surface area contributed by atoms with Crippen molar-refractivity contribution < 1.29 is 23.8 Å². The minimum absolute atomic E-state index is 0.0428. The monoisotopic (exact) mass is 367 g/mol. The van der Waals surface area contributed by atoms with Gasteiger partial charge in [0.15, 0.2) is 11.3 Å².